The highest BCUT2D eigenvalue weighted by atomic mass is 15.0. The van der Waals surface area contributed by atoms with Gasteiger partial charge < -0.3 is 10.6 Å². The van der Waals surface area contributed by atoms with Crippen LogP contribution < -0.4 is 5.73 Å². The van der Waals surface area contributed by atoms with Crippen LogP contribution in [-0.2, 0) is 0 Å². The Hall–Kier alpha value is -0.920. The van der Waals surface area contributed by atoms with E-state index in [-0.39, 0.29) is 0 Å². The van der Waals surface area contributed by atoms with E-state index in [4.69, 9.17) is 5.73 Å². The van der Waals surface area contributed by atoms with E-state index >= 15 is 0 Å². The van der Waals surface area contributed by atoms with Crippen LogP contribution in [0.5, 0.6) is 0 Å². The first-order valence-corrected chi connectivity index (χ1v) is 2.83. The quantitative estimate of drug-likeness (QED) is 0.557. The largest absolute Gasteiger partial charge is 0.397 e. The summed E-state index contributed by atoms with van der Waals surface area (Å²) >= 11 is 0. The van der Waals surface area contributed by atoms with E-state index in [2.05, 4.69) is 6.58 Å². The summed E-state index contributed by atoms with van der Waals surface area (Å²) in [4.78, 5) is 1.89. The third-order valence-corrected chi connectivity index (χ3v) is 0.890. The van der Waals surface area contributed by atoms with Crippen molar-refractivity contribution < 1.29 is 0 Å². The van der Waals surface area contributed by atoms with Crippen LogP contribution in [0.15, 0.2) is 24.0 Å². The summed E-state index contributed by atoms with van der Waals surface area (Å²) < 4.78 is 0. The molecule has 0 aliphatic heterocycles. The van der Waals surface area contributed by atoms with Crippen molar-refractivity contribution in [1.82, 2.24) is 4.90 Å². The zero-order valence-electron chi connectivity index (χ0n) is 6.31. The van der Waals surface area contributed by atoms with E-state index in [0.717, 1.165) is 11.3 Å². The lowest BCUT2D eigenvalue weighted by Crippen LogP contribution is -2.07. The van der Waals surface area contributed by atoms with Crippen LogP contribution in [0, 0.1) is 0 Å². The predicted octanol–water partition coefficient (Wildman–Crippen LogP) is 0.924. The molecule has 0 aromatic carbocycles. The van der Waals surface area contributed by atoms with Crippen LogP contribution in [0.3, 0.4) is 0 Å². The summed E-state index contributed by atoms with van der Waals surface area (Å²) in [7, 11) is 3.85. The molecule has 0 aliphatic carbocycles. The van der Waals surface area contributed by atoms with Crippen LogP contribution >= 0.6 is 0 Å². The van der Waals surface area contributed by atoms with Crippen LogP contribution in [-0.4, -0.2) is 19.0 Å². The van der Waals surface area contributed by atoms with Gasteiger partial charge in [0.15, 0.2) is 0 Å². The van der Waals surface area contributed by atoms with Gasteiger partial charge in [-0.1, -0.05) is 6.58 Å². The molecule has 0 rings (SSSR count). The average Bonchev–Trinajstić information content (AvgIpc) is 1.63. The molecule has 2 N–H and O–H groups in total. The molecule has 0 spiro atoms. The molecule has 0 aromatic heterocycles. The molecule has 0 unspecified atom stereocenters. The molecule has 2 nitrogen and oxygen atoms in total. The maximum atomic E-state index is 5.54. The molecule has 0 heterocycles. The first kappa shape index (κ1) is 8.08. The van der Waals surface area contributed by atoms with Gasteiger partial charge in [-0.2, -0.15) is 0 Å². The molecular formula is C7H14N2. The van der Waals surface area contributed by atoms with Crippen LogP contribution in [0.1, 0.15) is 6.92 Å². The van der Waals surface area contributed by atoms with Crippen molar-refractivity contribution >= 4 is 0 Å². The molecular weight excluding hydrogens is 112 g/mol. The Morgan fingerprint density at radius 2 is 2.00 bits per heavy atom. The third kappa shape index (κ3) is 3.64. The van der Waals surface area contributed by atoms with E-state index < -0.39 is 0 Å². The van der Waals surface area contributed by atoms with Gasteiger partial charge in [0.05, 0.1) is 0 Å². The normalized spacial score (nSPS) is 11.2. The van der Waals surface area contributed by atoms with Gasteiger partial charge in [0.1, 0.15) is 0 Å². The van der Waals surface area contributed by atoms with E-state index in [1.54, 1.807) is 0 Å². The Bertz CT molecular complexity index is 134. The lowest BCUT2D eigenvalue weighted by molar-refractivity contribution is 0.558. The van der Waals surface area contributed by atoms with Crippen molar-refractivity contribution in [2.45, 2.75) is 6.92 Å². The fourth-order valence-corrected chi connectivity index (χ4v) is 0.388. The zero-order chi connectivity index (χ0) is 7.44. The van der Waals surface area contributed by atoms with E-state index in [1.807, 2.05) is 32.1 Å². The summed E-state index contributed by atoms with van der Waals surface area (Å²) in [5.74, 6) is 0. The standard InChI is InChI=1S/C7H14N2/c1-6(2)7(8)5-9(3)4/h5H,1,8H2,2-4H3/b7-5+. The van der Waals surface area contributed by atoms with Crippen molar-refractivity contribution in [2.24, 2.45) is 5.73 Å². The average molecular weight is 126 g/mol. The fraction of sp³-hybridized carbons (Fsp3) is 0.429. The van der Waals surface area contributed by atoms with Gasteiger partial charge in [-0.05, 0) is 12.5 Å². The molecule has 0 fully saturated rings. The molecule has 0 aliphatic rings. The number of nitrogens with two attached hydrogens (primary N) is 1. The molecule has 2 heteroatoms. The van der Waals surface area contributed by atoms with Crippen molar-refractivity contribution in [2.75, 3.05) is 14.1 Å². The molecule has 0 atom stereocenters. The second-order valence-corrected chi connectivity index (χ2v) is 2.33. The minimum Gasteiger partial charge on any atom is -0.397 e. The Kier molecular flexibility index (Phi) is 2.85. The number of hydrogen-bond donors (Lipinski definition) is 1. The summed E-state index contributed by atoms with van der Waals surface area (Å²) in [6, 6.07) is 0. The van der Waals surface area contributed by atoms with Gasteiger partial charge in [-0.25, -0.2) is 0 Å². The van der Waals surface area contributed by atoms with Crippen LogP contribution in [0.2, 0.25) is 0 Å². The summed E-state index contributed by atoms with van der Waals surface area (Å²) in [6.07, 6.45) is 1.84. The molecule has 9 heavy (non-hydrogen) atoms. The van der Waals surface area contributed by atoms with E-state index in [1.165, 1.54) is 0 Å². The highest BCUT2D eigenvalue weighted by Gasteiger charge is 1.88. The van der Waals surface area contributed by atoms with E-state index in [0.29, 0.717) is 0 Å². The molecule has 0 amide bonds. The van der Waals surface area contributed by atoms with Crippen molar-refractivity contribution in [3.05, 3.63) is 24.0 Å². The first-order valence-electron chi connectivity index (χ1n) is 2.83. The zero-order valence-corrected chi connectivity index (χ0v) is 6.31. The lowest BCUT2D eigenvalue weighted by Gasteiger charge is -2.06. The highest BCUT2D eigenvalue weighted by Crippen LogP contribution is 1.97. The Balaban J connectivity index is 4.00. The van der Waals surface area contributed by atoms with Crippen molar-refractivity contribution in [3.63, 3.8) is 0 Å². The topological polar surface area (TPSA) is 29.3 Å². The van der Waals surface area contributed by atoms with Crippen LogP contribution in [0.4, 0.5) is 0 Å². The molecule has 0 saturated carbocycles. The molecule has 0 aromatic rings. The fourth-order valence-electron chi connectivity index (χ4n) is 0.388. The van der Waals surface area contributed by atoms with Gasteiger partial charge in [-0.3, -0.25) is 0 Å². The highest BCUT2D eigenvalue weighted by molar-refractivity contribution is 5.21. The number of hydrogen-bond acceptors (Lipinski definition) is 2. The summed E-state index contributed by atoms with van der Waals surface area (Å²) in [6.45, 7) is 5.57. The lowest BCUT2D eigenvalue weighted by atomic mass is 10.3. The summed E-state index contributed by atoms with van der Waals surface area (Å²) in [5.41, 5.74) is 7.18. The second kappa shape index (κ2) is 3.17. The maximum Gasteiger partial charge on any atom is 0.0499 e. The van der Waals surface area contributed by atoms with Gasteiger partial charge in [-0.15, -0.1) is 0 Å². The number of allylic oxidation sites excluding steroid dienone is 1. The van der Waals surface area contributed by atoms with Gasteiger partial charge in [0.25, 0.3) is 0 Å². The molecule has 0 bridgehead atoms. The van der Waals surface area contributed by atoms with Gasteiger partial charge in [0.2, 0.25) is 0 Å². The van der Waals surface area contributed by atoms with Crippen molar-refractivity contribution in [3.8, 4) is 0 Å². The smallest absolute Gasteiger partial charge is 0.0499 e. The first-order chi connectivity index (χ1) is 4.04. The number of nitrogens with zero attached hydrogens (tertiary/aromatic N) is 1. The molecule has 52 valence electrons. The summed E-state index contributed by atoms with van der Waals surface area (Å²) in [5, 5.41) is 0. The molecule has 0 saturated heterocycles. The monoisotopic (exact) mass is 126 g/mol. The Morgan fingerprint density at radius 3 is 2.11 bits per heavy atom. The van der Waals surface area contributed by atoms with Gasteiger partial charge >= 0.3 is 0 Å². The van der Waals surface area contributed by atoms with Gasteiger partial charge in [0, 0.05) is 26.0 Å². The molecule has 0 radical (unpaired) electrons. The maximum absolute atomic E-state index is 5.54. The third-order valence-electron chi connectivity index (χ3n) is 0.890. The van der Waals surface area contributed by atoms with Crippen LogP contribution in [0.25, 0.3) is 0 Å². The Morgan fingerprint density at radius 1 is 1.56 bits per heavy atom. The minimum absolute atomic E-state index is 0.736. The minimum atomic E-state index is 0.736. The Labute approximate surface area is 56.6 Å². The SMILES string of the molecule is C=C(C)/C(N)=C\N(C)C. The second-order valence-electron chi connectivity index (χ2n) is 2.33. The van der Waals surface area contributed by atoms with E-state index in [9.17, 15) is 0 Å². The predicted molar refractivity (Wildman–Crippen MR) is 40.8 cm³/mol. The number of rotatable bonds is 2. The van der Waals surface area contributed by atoms with Crippen molar-refractivity contribution in [1.29, 1.82) is 0 Å².